The molecule has 2 aliphatic heterocycles. The third-order valence-corrected chi connectivity index (χ3v) is 6.59. The van der Waals surface area contributed by atoms with Crippen molar-refractivity contribution < 1.29 is 18.8 Å². The van der Waals surface area contributed by atoms with Crippen LogP contribution in [0.5, 0.6) is 0 Å². The number of aromatic nitrogens is 1. The van der Waals surface area contributed by atoms with Crippen molar-refractivity contribution in [2.24, 2.45) is 5.92 Å². The van der Waals surface area contributed by atoms with Gasteiger partial charge in [0.25, 0.3) is 5.91 Å². The highest BCUT2D eigenvalue weighted by atomic mass is 19.1. The molecule has 0 spiro atoms. The Morgan fingerprint density at radius 1 is 1.26 bits per heavy atom. The molecule has 4 amide bonds. The number of carbonyl (C=O) groups is 3. The topological polar surface area (TPSA) is 82.6 Å². The number of rotatable bonds is 6. The van der Waals surface area contributed by atoms with E-state index in [1.165, 1.54) is 18.2 Å². The average molecular weight is 475 g/mol. The van der Waals surface area contributed by atoms with Crippen LogP contribution < -0.4 is 5.32 Å². The Balaban J connectivity index is 1.52. The second-order valence-electron chi connectivity index (χ2n) is 8.75. The van der Waals surface area contributed by atoms with E-state index in [2.05, 4.69) is 22.1 Å². The van der Waals surface area contributed by atoms with Gasteiger partial charge < -0.3 is 10.2 Å². The number of nitrogens with one attached hydrogen (secondary N) is 1. The van der Waals surface area contributed by atoms with Gasteiger partial charge in [0.05, 0.1) is 6.54 Å². The molecule has 3 heterocycles. The van der Waals surface area contributed by atoms with Crippen molar-refractivity contribution in [1.82, 2.24) is 20.1 Å². The molecular weight excluding hydrogens is 447 g/mol. The van der Waals surface area contributed by atoms with Gasteiger partial charge in [-0.25, -0.2) is 9.18 Å². The molecule has 180 valence electrons. The molecule has 0 radical (unpaired) electrons. The first-order valence-electron chi connectivity index (χ1n) is 11.6. The number of halogens is 1. The van der Waals surface area contributed by atoms with Gasteiger partial charge in [-0.3, -0.25) is 19.5 Å². The van der Waals surface area contributed by atoms with Crippen molar-refractivity contribution in [3.05, 3.63) is 71.8 Å². The molecule has 0 bridgehead atoms. The van der Waals surface area contributed by atoms with E-state index in [0.717, 1.165) is 10.5 Å². The highest BCUT2D eigenvalue weighted by molar-refractivity contribution is 6.07. The summed E-state index contributed by atoms with van der Waals surface area (Å²) in [5.74, 6) is 4.41. The minimum absolute atomic E-state index is 0.00252. The number of nitrogens with zero attached hydrogens (tertiary/aromatic N) is 3. The Morgan fingerprint density at radius 2 is 2.06 bits per heavy atom. The predicted octanol–water partition coefficient (Wildman–Crippen LogP) is 3.03. The van der Waals surface area contributed by atoms with Gasteiger partial charge in [-0.15, -0.1) is 5.92 Å². The second-order valence-corrected chi connectivity index (χ2v) is 8.75. The highest BCUT2D eigenvalue weighted by Gasteiger charge is 2.55. The van der Waals surface area contributed by atoms with Crippen molar-refractivity contribution in [1.29, 1.82) is 0 Å². The lowest BCUT2D eigenvalue weighted by molar-refractivity contribution is -0.134. The van der Waals surface area contributed by atoms with Gasteiger partial charge in [-0.1, -0.05) is 24.1 Å². The minimum atomic E-state index is -1.21. The monoisotopic (exact) mass is 474 g/mol. The first kappa shape index (κ1) is 24.1. The van der Waals surface area contributed by atoms with Gasteiger partial charge in [0.1, 0.15) is 11.4 Å². The molecule has 0 saturated carbocycles. The number of hydrogen-bond acceptors (Lipinski definition) is 4. The third-order valence-electron chi connectivity index (χ3n) is 6.59. The summed E-state index contributed by atoms with van der Waals surface area (Å²) in [7, 11) is 0. The summed E-state index contributed by atoms with van der Waals surface area (Å²) in [6.07, 6.45) is 7.82. The predicted molar refractivity (Wildman–Crippen MR) is 129 cm³/mol. The smallest absolute Gasteiger partial charge is 0.325 e. The fraction of sp³-hybridized carbons (Fsp3) is 0.333. The second kappa shape index (κ2) is 10.5. The molecule has 2 saturated heterocycles. The number of urea groups is 1. The zero-order valence-corrected chi connectivity index (χ0v) is 19.5. The normalized spacial score (nSPS) is 20.6. The number of carbonyl (C=O) groups excluding carboxylic acids is 3. The Kier molecular flexibility index (Phi) is 7.25. The zero-order chi connectivity index (χ0) is 24.8. The first-order valence-corrected chi connectivity index (χ1v) is 11.6. The van der Waals surface area contributed by atoms with Gasteiger partial charge in [0, 0.05) is 38.0 Å². The van der Waals surface area contributed by atoms with Gasteiger partial charge in [0.2, 0.25) is 5.91 Å². The van der Waals surface area contributed by atoms with Crippen molar-refractivity contribution in [2.75, 3.05) is 19.6 Å². The van der Waals surface area contributed by atoms with Crippen molar-refractivity contribution in [3.63, 3.8) is 0 Å². The molecule has 1 atom stereocenters. The molecule has 1 unspecified atom stereocenters. The number of hydrogen-bond donors (Lipinski definition) is 1. The summed E-state index contributed by atoms with van der Waals surface area (Å²) in [6, 6.07) is 9.25. The Labute approximate surface area is 204 Å². The van der Waals surface area contributed by atoms with Crippen LogP contribution in [0.15, 0.2) is 54.9 Å². The van der Waals surface area contributed by atoms with Crippen molar-refractivity contribution in [2.45, 2.75) is 31.7 Å². The van der Waals surface area contributed by atoms with Crippen LogP contribution in [-0.4, -0.2) is 57.8 Å². The molecule has 1 aromatic carbocycles. The molecule has 1 N–H and O–H groups in total. The molecule has 4 rings (SSSR count). The van der Waals surface area contributed by atoms with E-state index in [1.54, 1.807) is 48.5 Å². The highest BCUT2D eigenvalue weighted by Crippen LogP contribution is 2.36. The largest absolute Gasteiger partial charge is 0.339 e. The summed E-state index contributed by atoms with van der Waals surface area (Å²) in [6.45, 7) is 2.55. The standard InChI is InChI=1S/C27H27FN4O3/c1-2-3-14-32-25(34)27(30-26(32)35,18-21-6-4-8-23(28)17-21)22-11-15-31(16-12-22)24(33)10-9-20-7-5-13-29-19-20/h4-10,13,17,19,22H,11-12,14-16,18H2,1H3,(H,30,35)/b10-9+. The Bertz CT molecular complexity index is 1200. The Hall–Kier alpha value is -3.99. The number of amides is 4. The van der Waals surface area contributed by atoms with E-state index in [-0.39, 0.29) is 30.7 Å². The minimum Gasteiger partial charge on any atom is -0.339 e. The summed E-state index contributed by atoms with van der Waals surface area (Å²) in [5.41, 5.74) is 0.250. The zero-order valence-electron chi connectivity index (χ0n) is 19.5. The van der Waals surface area contributed by atoms with E-state index in [4.69, 9.17) is 0 Å². The number of imide groups is 1. The molecule has 2 fully saturated rings. The van der Waals surface area contributed by atoms with E-state index in [0.29, 0.717) is 31.5 Å². The maximum Gasteiger partial charge on any atom is 0.325 e. The summed E-state index contributed by atoms with van der Waals surface area (Å²) in [5, 5.41) is 2.93. The van der Waals surface area contributed by atoms with Crippen LogP contribution in [0.1, 0.15) is 30.9 Å². The molecule has 2 aromatic rings. The lowest BCUT2D eigenvalue weighted by Gasteiger charge is -2.40. The van der Waals surface area contributed by atoms with E-state index < -0.39 is 17.4 Å². The third kappa shape index (κ3) is 5.24. The molecule has 7 nitrogen and oxygen atoms in total. The van der Waals surface area contributed by atoms with Crippen LogP contribution in [0.2, 0.25) is 0 Å². The molecule has 1 aromatic heterocycles. The summed E-state index contributed by atoms with van der Waals surface area (Å²) in [4.78, 5) is 46.0. The number of piperidine rings is 1. The van der Waals surface area contributed by atoms with Crippen LogP contribution in [0.25, 0.3) is 6.08 Å². The van der Waals surface area contributed by atoms with Crippen LogP contribution in [-0.2, 0) is 16.0 Å². The van der Waals surface area contributed by atoms with Crippen molar-refractivity contribution in [3.8, 4) is 11.8 Å². The van der Waals surface area contributed by atoms with Crippen LogP contribution >= 0.6 is 0 Å². The number of benzene rings is 1. The average Bonchev–Trinajstić information content (AvgIpc) is 3.11. The van der Waals surface area contributed by atoms with Gasteiger partial charge >= 0.3 is 6.03 Å². The quantitative estimate of drug-likeness (QED) is 0.396. The van der Waals surface area contributed by atoms with Gasteiger partial charge in [0.15, 0.2) is 0 Å². The molecule has 35 heavy (non-hydrogen) atoms. The summed E-state index contributed by atoms with van der Waals surface area (Å²) >= 11 is 0. The SMILES string of the molecule is CC#CCN1C(=O)NC(Cc2cccc(F)c2)(C2CCN(C(=O)/C=C/c3cccnc3)CC2)C1=O. The number of likely N-dealkylation sites (tertiary alicyclic amines) is 1. The van der Waals surface area contributed by atoms with Gasteiger partial charge in [-0.2, -0.15) is 0 Å². The van der Waals surface area contributed by atoms with Gasteiger partial charge in [-0.05, 0) is 61.1 Å². The first-order chi connectivity index (χ1) is 16.9. The lowest BCUT2D eigenvalue weighted by Crippen LogP contribution is -2.58. The molecule has 0 aliphatic carbocycles. The molecule has 2 aliphatic rings. The summed E-state index contributed by atoms with van der Waals surface area (Å²) < 4.78 is 13.9. The van der Waals surface area contributed by atoms with Crippen LogP contribution in [0.3, 0.4) is 0 Å². The van der Waals surface area contributed by atoms with E-state index >= 15 is 0 Å². The van der Waals surface area contributed by atoms with E-state index in [1.807, 2.05) is 6.07 Å². The lowest BCUT2D eigenvalue weighted by atomic mass is 9.74. The van der Waals surface area contributed by atoms with Crippen LogP contribution in [0, 0.1) is 23.6 Å². The maximum absolute atomic E-state index is 13.9. The van der Waals surface area contributed by atoms with E-state index in [9.17, 15) is 18.8 Å². The molecule has 8 heteroatoms. The Morgan fingerprint density at radius 3 is 2.74 bits per heavy atom. The molecular formula is C27H27FN4O3. The maximum atomic E-state index is 13.9. The fourth-order valence-corrected chi connectivity index (χ4v) is 4.80. The van der Waals surface area contributed by atoms with Crippen molar-refractivity contribution >= 4 is 23.9 Å². The van der Waals surface area contributed by atoms with Crippen LogP contribution in [0.4, 0.5) is 9.18 Å². The number of pyridine rings is 1. The fourth-order valence-electron chi connectivity index (χ4n) is 4.80.